The Morgan fingerprint density at radius 2 is 1.40 bits per heavy atom. The number of aromatic amines is 3. The molecular weight excluding hydrogens is 596 g/mol. The first-order valence-corrected chi connectivity index (χ1v) is 15.5. The number of nitrogens with one attached hydrogen (secondary N) is 4. The summed E-state index contributed by atoms with van der Waals surface area (Å²) in [6, 6.07) is 0. The number of carboxylic acid groups (broad SMARTS) is 2. The summed E-state index contributed by atoms with van der Waals surface area (Å²) in [6.45, 7) is 9.37. The van der Waals surface area contributed by atoms with Crippen LogP contribution in [-0.4, -0.2) is 65.1 Å². The molecule has 242 valence electrons. The normalized spacial score (nSPS) is 19.1. The minimum absolute atomic E-state index is 0.0103. The van der Waals surface area contributed by atoms with Gasteiger partial charge in [0.1, 0.15) is 0 Å². The first kappa shape index (κ1) is 33.7. The van der Waals surface area contributed by atoms with Gasteiger partial charge in [-0.05, 0) is 79.7 Å². The lowest BCUT2D eigenvalue weighted by molar-refractivity contribution is -0.138. The van der Waals surface area contributed by atoms with Crippen LogP contribution in [0.15, 0.2) is 5.70 Å². The lowest BCUT2D eigenvalue weighted by Crippen LogP contribution is -2.19. The van der Waals surface area contributed by atoms with E-state index in [4.69, 9.17) is 0 Å². The van der Waals surface area contributed by atoms with Gasteiger partial charge in [-0.3, -0.25) is 14.4 Å². The lowest BCUT2D eigenvalue weighted by Gasteiger charge is -2.17. The van der Waals surface area contributed by atoms with Crippen molar-refractivity contribution in [3.05, 3.63) is 66.9 Å². The zero-order valence-corrected chi connectivity index (χ0v) is 27.1. The number of hydrogen-bond acceptors (Lipinski definition) is 6. The highest BCUT2D eigenvalue weighted by Gasteiger charge is 2.37. The van der Waals surface area contributed by atoms with Gasteiger partial charge in [0.15, 0.2) is 5.88 Å². The number of carbonyl (C=O) groups is 3. The number of aliphatic carboxylic acids is 2. The Kier molecular flexibility index (Phi) is 10.4. The van der Waals surface area contributed by atoms with Gasteiger partial charge < -0.3 is 40.7 Å². The Morgan fingerprint density at radius 1 is 0.822 bits per heavy atom. The van der Waals surface area contributed by atoms with Gasteiger partial charge in [-0.1, -0.05) is 13.8 Å². The first-order chi connectivity index (χ1) is 21.2. The summed E-state index contributed by atoms with van der Waals surface area (Å²) in [6.07, 6.45) is 6.26. The zero-order chi connectivity index (χ0) is 33.2. The molecular formula is C33H42N4O7S. The Balaban J connectivity index is 1.91. The third-order valence-corrected chi connectivity index (χ3v) is 9.13. The van der Waals surface area contributed by atoms with Crippen molar-refractivity contribution in [1.29, 1.82) is 0 Å². The average Bonchev–Trinajstić information content (AvgIpc) is 3.60. The van der Waals surface area contributed by atoms with Gasteiger partial charge >= 0.3 is 11.9 Å². The Morgan fingerprint density at radius 3 is 2.00 bits per heavy atom. The summed E-state index contributed by atoms with van der Waals surface area (Å²) in [5.41, 5.74) is 7.53. The molecule has 8 N–H and O–H groups in total. The van der Waals surface area contributed by atoms with Crippen molar-refractivity contribution in [3.8, 4) is 5.88 Å². The molecule has 1 aliphatic rings. The number of thiol groups is 1. The van der Waals surface area contributed by atoms with E-state index in [9.17, 15) is 34.8 Å². The van der Waals surface area contributed by atoms with Gasteiger partial charge in [-0.2, -0.15) is 12.6 Å². The van der Waals surface area contributed by atoms with Crippen LogP contribution in [0.1, 0.15) is 77.2 Å². The van der Waals surface area contributed by atoms with E-state index in [1.54, 1.807) is 0 Å². The molecule has 0 saturated carbocycles. The largest absolute Gasteiger partial charge is 0.494 e. The number of H-pyrrole nitrogens is 3. The molecule has 4 rings (SSSR count). The number of aliphatic hydroxyl groups is 1. The van der Waals surface area contributed by atoms with Crippen molar-refractivity contribution in [2.24, 2.45) is 11.8 Å². The Labute approximate surface area is 266 Å². The number of allylic oxidation sites excluding steroid dienone is 1. The molecule has 3 aromatic rings. The van der Waals surface area contributed by atoms with E-state index in [1.807, 2.05) is 52.8 Å². The molecule has 3 aromatic heterocycles. The number of hydrogen-bond donors (Lipinski definition) is 9. The molecule has 0 aromatic carbocycles. The van der Waals surface area contributed by atoms with Gasteiger partial charge in [0, 0.05) is 82.0 Å². The Hall–Kier alpha value is -4.16. The number of aromatic hydroxyl groups is 1. The minimum atomic E-state index is -0.932. The highest BCUT2D eigenvalue weighted by Crippen LogP contribution is 2.34. The third kappa shape index (κ3) is 7.23. The average molecular weight is 639 g/mol. The van der Waals surface area contributed by atoms with E-state index in [2.05, 4.69) is 32.9 Å². The second kappa shape index (κ2) is 13.9. The maximum absolute atomic E-state index is 12.5. The van der Waals surface area contributed by atoms with Gasteiger partial charge in [-0.25, -0.2) is 0 Å². The van der Waals surface area contributed by atoms with E-state index in [0.29, 0.717) is 34.1 Å². The molecule has 1 aliphatic heterocycles. The smallest absolute Gasteiger partial charge is 0.303 e. The van der Waals surface area contributed by atoms with E-state index < -0.39 is 11.9 Å². The molecule has 0 bridgehead atoms. The summed E-state index contributed by atoms with van der Waals surface area (Å²) in [5, 5.41) is 43.0. The summed E-state index contributed by atoms with van der Waals surface area (Å²) < 4.78 is 0. The SMILES string of the molecule is Cc1c(/C=c2/[nH]/c(=C\c3[nH]c(/C=C4\NC(=O)[C@H](C)[C@H]4[C@@H](C)S)c(C)c3CCC(=O)O)c(CCC(=O)O)c2C)[nH]c(O)c1CCO. The lowest BCUT2D eigenvalue weighted by atomic mass is 9.91. The van der Waals surface area contributed by atoms with Gasteiger partial charge in [-0.15, -0.1) is 0 Å². The third-order valence-electron chi connectivity index (χ3n) is 8.81. The predicted molar refractivity (Wildman–Crippen MR) is 175 cm³/mol. The highest BCUT2D eigenvalue weighted by molar-refractivity contribution is 7.80. The van der Waals surface area contributed by atoms with Crippen LogP contribution in [0.5, 0.6) is 5.88 Å². The van der Waals surface area contributed by atoms with Crippen LogP contribution < -0.4 is 16.0 Å². The second-order valence-electron chi connectivity index (χ2n) is 11.8. The number of carboxylic acids is 2. The fourth-order valence-corrected chi connectivity index (χ4v) is 6.64. The number of aromatic nitrogens is 3. The summed E-state index contributed by atoms with van der Waals surface area (Å²) >= 11 is 4.62. The molecule has 0 radical (unpaired) electrons. The number of aliphatic hydroxyl groups excluding tert-OH is 1. The van der Waals surface area contributed by atoms with Crippen molar-refractivity contribution < 1.29 is 34.8 Å². The fraction of sp³-hybridized carbons (Fsp3) is 0.424. The fourth-order valence-electron chi connectivity index (χ4n) is 6.23. The minimum Gasteiger partial charge on any atom is -0.494 e. The molecule has 1 saturated heterocycles. The van der Waals surface area contributed by atoms with Crippen LogP contribution in [0.25, 0.3) is 18.2 Å². The molecule has 0 spiro atoms. The first-order valence-electron chi connectivity index (χ1n) is 15.0. The van der Waals surface area contributed by atoms with Crippen LogP contribution in [0.4, 0.5) is 0 Å². The molecule has 3 atom stereocenters. The van der Waals surface area contributed by atoms with Crippen molar-refractivity contribution in [2.75, 3.05) is 6.61 Å². The van der Waals surface area contributed by atoms with E-state index in [-0.39, 0.29) is 61.2 Å². The highest BCUT2D eigenvalue weighted by atomic mass is 32.1. The standard InChI is InChI=1S/C33H42N4O7S/c1-15-20(6-8-29(39)40)26(34-23(15)12-25-17(3)22(10-11-38)33(44)36-25)14-27-21(7-9-30(41)42)16(2)24(35-27)13-28-31(19(5)45)18(4)32(43)37-28/h12-14,18-19,31,34-36,38,44-45H,6-11H2,1-5H3,(H,37,43)(H,39,40)(H,41,42)/b23-12+,26-14-,28-13-/t18-,19-,31+/m1/s1. The number of amides is 1. The maximum Gasteiger partial charge on any atom is 0.303 e. The van der Waals surface area contributed by atoms with E-state index >= 15 is 0 Å². The molecule has 12 heteroatoms. The Bertz CT molecular complexity index is 1780. The summed E-state index contributed by atoms with van der Waals surface area (Å²) in [4.78, 5) is 45.4. The topological polar surface area (TPSA) is 192 Å². The number of rotatable bonds is 12. The molecule has 0 unspecified atom stereocenters. The molecule has 45 heavy (non-hydrogen) atoms. The zero-order valence-electron chi connectivity index (χ0n) is 26.2. The predicted octanol–water partition coefficient (Wildman–Crippen LogP) is 2.57. The second-order valence-corrected chi connectivity index (χ2v) is 12.6. The van der Waals surface area contributed by atoms with Gasteiger partial charge in [0.25, 0.3) is 0 Å². The molecule has 1 fully saturated rings. The van der Waals surface area contributed by atoms with E-state index in [0.717, 1.165) is 39.2 Å². The monoisotopic (exact) mass is 638 g/mol. The van der Waals surface area contributed by atoms with Crippen LogP contribution in [0, 0.1) is 32.6 Å². The van der Waals surface area contributed by atoms with E-state index in [1.165, 1.54) is 0 Å². The van der Waals surface area contributed by atoms with Crippen LogP contribution in [0.2, 0.25) is 0 Å². The van der Waals surface area contributed by atoms with Crippen molar-refractivity contribution >= 4 is 48.7 Å². The summed E-state index contributed by atoms with van der Waals surface area (Å²) in [5.74, 6) is -2.30. The quantitative estimate of drug-likeness (QED) is 0.136. The molecule has 0 aliphatic carbocycles. The van der Waals surface area contributed by atoms with Gasteiger partial charge in [0.2, 0.25) is 5.91 Å². The van der Waals surface area contributed by atoms with Crippen molar-refractivity contribution in [3.63, 3.8) is 0 Å². The molecule has 1 amide bonds. The number of carbonyl (C=O) groups excluding carboxylic acids is 1. The van der Waals surface area contributed by atoms with Crippen molar-refractivity contribution in [2.45, 2.75) is 72.0 Å². The maximum atomic E-state index is 12.5. The summed E-state index contributed by atoms with van der Waals surface area (Å²) in [7, 11) is 0. The van der Waals surface area contributed by atoms with Crippen LogP contribution in [-0.2, 0) is 33.6 Å². The van der Waals surface area contributed by atoms with Crippen LogP contribution >= 0.6 is 12.6 Å². The van der Waals surface area contributed by atoms with Crippen molar-refractivity contribution in [1.82, 2.24) is 20.3 Å². The van der Waals surface area contributed by atoms with Gasteiger partial charge in [0.05, 0.1) is 0 Å². The van der Waals surface area contributed by atoms with Crippen LogP contribution in [0.3, 0.4) is 0 Å². The molecule has 11 nitrogen and oxygen atoms in total. The molecule has 4 heterocycles.